The van der Waals surface area contributed by atoms with E-state index in [4.69, 9.17) is 10.00 Å². The van der Waals surface area contributed by atoms with E-state index in [0.717, 1.165) is 6.42 Å². The summed E-state index contributed by atoms with van der Waals surface area (Å²) in [5.41, 5.74) is -0.523. The molecule has 0 radical (unpaired) electrons. The van der Waals surface area contributed by atoms with Gasteiger partial charge in [-0.25, -0.2) is 4.79 Å². The maximum Gasteiger partial charge on any atom is 0.407 e. The van der Waals surface area contributed by atoms with Crippen LogP contribution in [0, 0.1) is 17.2 Å². The SMILES string of the molecule is CC(C)(C)OC(=O)NC1CCC(C(=O)C#N)C1. The van der Waals surface area contributed by atoms with Gasteiger partial charge in [0.25, 0.3) is 0 Å². The first kappa shape index (κ1) is 13.5. The van der Waals surface area contributed by atoms with Crippen molar-refractivity contribution in [3.05, 3.63) is 0 Å². The third-order valence-corrected chi connectivity index (χ3v) is 2.63. The lowest BCUT2D eigenvalue weighted by atomic mass is 10.0. The number of nitrogens with one attached hydrogen (secondary N) is 1. The molecular weight excluding hydrogens is 220 g/mol. The Balaban J connectivity index is 2.38. The molecule has 5 nitrogen and oxygen atoms in total. The Bertz CT molecular complexity index is 352. The van der Waals surface area contributed by atoms with Crippen molar-refractivity contribution in [3.8, 4) is 6.07 Å². The fraction of sp³-hybridized carbons (Fsp3) is 0.750. The van der Waals surface area contributed by atoms with Crippen LogP contribution >= 0.6 is 0 Å². The fourth-order valence-corrected chi connectivity index (χ4v) is 1.92. The second kappa shape index (κ2) is 5.17. The van der Waals surface area contributed by atoms with Crippen molar-refractivity contribution in [1.82, 2.24) is 5.32 Å². The summed E-state index contributed by atoms with van der Waals surface area (Å²) in [6, 6.07) is 1.57. The van der Waals surface area contributed by atoms with Gasteiger partial charge in [-0.05, 0) is 40.0 Å². The summed E-state index contributed by atoms with van der Waals surface area (Å²) in [5, 5.41) is 11.2. The molecule has 1 fully saturated rings. The van der Waals surface area contributed by atoms with Gasteiger partial charge in [-0.15, -0.1) is 0 Å². The van der Waals surface area contributed by atoms with Crippen LogP contribution in [0.1, 0.15) is 40.0 Å². The van der Waals surface area contributed by atoms with Gasteiger partial charge in [0.15, 0.2) is 0 Å². The number of hydrogen-bond acceptors (Lipinski definition) is 4. The van der Waals surface area contributed by atoms with E-state index in [1.54, 1.807) is 26.8 Å². The second-order valence-electron chi connectivity index (χ2n) is 5.33. The summed E-state index contributed by atoms with van der Waals surface area (Å²) in [6.07, 6.45) is 1.45. The third kappa shape index (κ3) is 4.43. The van der Waals surface area contributed by atoms with E-state index in [0.29, 0.717) is 12.8 Å². The van der Waals surface area contributed by atoms with E-state index in [2.05, 4.69) is 5.32 Å². The molecular formula is C12H18N2O3. The molecule has 1 saturated carbocycles. The lowest BCUT2D eigenvalue weighted by Gasteiger charge is -2.21. The normalized spacial score (nSPS) is 23.9. The van der Waals surface area contributed by atoms with Crippen molar-refractivity contribution >= 4 is 11.9 Å². The number of ketones is 1. The van der Waals surface area contributed by atoms with Crippen molar-refractivity contribution in [1.29, 1.82) is 5.26 Å². The Kier molecular flexibility index (Phi) is 4.11. The number of amides is 1. The van der Waals surface area contributed by atoms with E-state index < -0.39 is 17.5 Å². The molecule has 1 aliphatic carbocycles. The molecule has 2 atom stereocenters. The van der Waals surface area contributed by atoms with Crippen LogP contribution in [0.3, 0.4) is 0 Å². The van der Waals surface area contributed by atoms with Gasteiger partial charge in [-0.3, -0.25) is 4.79 Å². The summed E-state index contributed by atoms with van der Waals surface area (Å²) in [4.78, 5) is 22.6. The molecule has 94 valence electrons. The lowest BCUT2D eigenvalue weighted by Crippen LogP contribution is -2.38. The summed E-state index contributed by atoms with van der Waals surface area (Å²) < 4.78 is 5.12. The van der Waals surface area contributed by atoms with Gasteiger partial charge in [0.05, 0.1) is 0 Å². The Morgan fingerprint density at radius 3 is 2.53 bits per heavy atom. The summed E-state index contributed by atoms with van der Waals surface area (Å²) in [5.74, 6) is -0.626. The van der Waals surface area contributed by atoms with Crippen molar-refractivity contribution in [2.45, 2.75) is 51.7 Å². The van der Waals surface area contributed by atoms with E-state index in [1.807, 2.05) is 0 Å². The number of alkyl carbamates (subject to hydrolysis) is 1. The highest BCUT2D eigenvalue weighted by Gasteiger charge is 2.31. The standard InChI is InChI=1S/C12H18N2O3/c1-12(2,3)17-11(16)14-9-5-4-8(6-9)10(15)7-13/h8-9H,4-6H2,1-3H3,(H,14,16). The number of ether oxygens (including phenoxy) is 1. The van der Waals surface area contributed by atoms with Crippen LogP contribution in [-0.2, 0) is 9.53 Å². The van der Waals surface area contributed by atoms with Gasteiger partial charge in [-0.2, -0.15) is 5.26 Å². The molecule has 17 heavy (non-hydrogen) atoms. The van der Waals surface area contributed by atoms with Gasteiger partial charge in [0.1, 0.15) is 11.7 Å². The predicted molar refractivity (Wildman–Crippen MR) is 61.1 cm³/mol. The summed E-state index contributed by atoms with van der Waals surface area (Å²) in [6.45, 7) is 5.38. The second-order valence-corrected chi connectivity index (χ2v) is 5.33. The van der Waals surface area contributed by atoms with Crippen LogP contribution in [0.15, 0.2) is 0 Å². The zero-order chi connectivity index (χ0) is 13.1. The minimum absolute atomic E-state index is 0.0628. The van der Waals surface area contributed by atoms with Crippen molar-refractivity contribution in [2.24, 2.45) is 5.92 Å². The van der Waals surface area contributed by atoms with Crippen LogP contribution in [0.5, 0.6) is 0 Å². The van der Waals surface area contributed by atoms with Gasteiger partial charge in [-0.1, -0.05) is 0 Å². The number of rotatable bonds is 2. The first-order valence-corrected chi connectivity index (χ1v) is 5.75. The van der Waals surface area contributed by atoms with Crippen LogP contribution in [0.4, 0.5) is 4.79 Å². The van der Waals surface area contributed by atoms with Crippen molar-refractivity contribution < 1.29 is 14.3 Å². The van der Waals surface area contributed by atoms with Gasteiger partial charge in [0, 0.05) is 12.0 Å². The zero-order valence-corrected chi connectivity index (χ0v) is 10.4. The highest BCUT2D eigenvalue weighted by molar-refractivity contribution is 5.95. The van der Waals surface area contributed by atoms with E-state index >= 15 is 0 Å². The fourth-order valence-electron chi connectivity index (χ4n) is 1.92. The van der Waals surface area contributed by atoms with Crippen LogP contribution in [0.2, 0.25) is 0 Å². The van der Waals surface area contributed by atoms with E-state index in [9.17, 15) is 9.59 Å². The minimum atomic E-state index is -0.523. The highest BCUT2D eigenvalue weighted by Crippen LogP contribution is 2.26. The monoisotopic (exact) mass is 238 g/mol. The number of Topliss-reactive ketones (excluding diaryl/α,β-unsaturated/α-hetero) is 1. The van der Waals surface area contributed by atoms with Gasteiger partial charge in [0.2, 0.25) is 5.78 Å². The Hall–Kier alpha value is -1.57. The number of nitrogens with zero attached hydrogens (tertiary/aromatic N) is 1. The molecule has 0 heterocycles. The molecule has 0 saturated heterocycles. The molecule has 0 aromatic rings. The highest BCUT2D eigenvalue weighted by atomic mass is 16.6. The molecule has 0 bridgehead atoms. The van der Waals surface area contributed by atoms with Crippen LogP contribution < -0.4 is 5.32 Å². The molecule has 1 amide bonds. The average molecular weight is 238 g/mol. The number of hydrogen-bond donors (Lipinski definition) is 1. The van der Waals surface area contributed by atoms with Gasteiger partial charge >= 0.3 is 6.09 Å². The predicted octanol–water partition coefficient (Wildman–Crippen LogP) is 1.77. The lowest BCUT2D eigenvalue weighted by molar-refractivity contribution is -0.117. The molecule has 1 aliphatic rings. The largest absolute Gasteiger partial charge is 0.444 e. The molecule has 0 aromatic heterocycles. The first-order chi connectivity index (χ1) is 7.81. The molecule has 2 unspecified atom stereocenters. The molecule has 5 heteroatoms. The topological polar surface area (TPSA) is 79.2 Å². The average Bonchev–Trinajstić information content (AvgIpc) is 2.62. The Morgan fingerprint density at radius 2 is 2.00 bits per heavy atom. The molecule has 0 aliphatic heterocycles. The van der Waals surface area contributed by atoms with Crippen LogP contribution in [-0.4, -0.2) is 23.5 Å². The molecule has 0 aromatic carbocycles. The molecule has 0 spiro atoms. The molecule has 1 N–H and O–H groups in total. The Labute approximate surface area is 101 Å². The first-order valence-electron chi connectivity index (χ1n) is 5.75. The van der Waals surface area contributed by atoms with Crippen molar-refractivity contribution in [3.63, 3.8) is 0 Å². The Morgan fingerprint density at radius 1 is 1.35 bits per heavy atom. The van der Waals surface area contributed by atoms with E-state index in [-0.39, 0.29) is 12.0 Å². The quantitative estimate of drug-likeness (QED) is 0.743. The maximum atomic E-state index is 11.5. The zero-order valence-electron chi connectivity index (χ0n) is 10.4. The summed E-state index contributed by atoms with van der Waals surface area (Å²) in [7, 11) is 0. The smallest absolute Gasteiger partial charge is 0.407 e. The van der Waals surface area contributed by atoms with E-state index in [1.165, 1.54) is 0 Å². The molecule has 1 rings (SSSR count). The third-order valence-electron chi connectivity index (χ3n) is 2.63. The minimum Gasteiger partial charge on any atom is -0.444 e. The van der Waals surface area contributed by atoms with Crippen molar-refractivity contribution in [2.75, 3.05) is 0 Å². The number of carbonyl (C=O) groups is 2. The number of carbonyl (C=O) groups excluding carboxylic acids is 2. The van der Waals surface area contributed by atoms with Gasteiger partial charge < -0.3 is 10.1 Å². The van der Waals surface area contributed by atoms with Crippen LogP contribution in [0.25, 0.3) is 0 Å². The summed E-state index contributed by atoms with van der Waals surface area (Å²) >= 11 is 0. The number of nitriles is 1. The maximum absolute atomic E-state index is 11.5.